The first-order valence-corrected chi connectivity index (χ1v) is 10.7. The molecule has 1 fully saturated rings. The van der Waals surface area contributed by atoms with E-state index < -0.39 is 6.36 Å². The molecule has 1 saturated heterocycles. The molecule has 2 N–H and O–H groups in total. The molecule has 1 heterocycles. The van der Waals surface area contributed by atoms with Crippen molar-refractivity contribution in [3.8, 4) is 5.75 Å². The van der Waals surface area contributed by atoms with Crippen LogP contribution in [0.25, 0.3) is 0 Å². The number of carbonyl (C=O) groups is 2. The van der Waals surface area contributed by atoms with Crippen LogP contribution in [0.5, 0.6) is 5.75 Å². The third-order valence-corrected chi connectivity index (χ3v) is 5.22. The largest absolute Gasteiger partial charge is 0.573 e. The Hall–Kier alpha value is -3.11. The summed E-state index contributed by atoms with van der Waals surface area (Å²) < 4.78 is 40.4. The minimum absolute atomic E-state index is 0.0802. The fourth-order valence-electron chi connectivity index (χ4n) is 3.48. The maximum atomic E-state index is 12.3. The van der Waals surface area contributed by atoms with Crippen LogP contribution in [-0.4, -0.2) is 67.2 Å². The highest BCUT2D eigenvalue weighted by Crippen LogP contribution is 2.24. The van der Waals surface area contributed by atoms with Crippen LogP contribution in [0.15, 0.2) is 48.5 Å². The van der Waals surface area contributed by atoms with Crippen molar-refractivity contribution in [1.29, 1.82) is 0 Å². The highest BCUT2D eigenvalue weighted by molar-refractivity contribution is 5.93. The summed E-state index contributed by atoms with van der Waals surface area (Å²) >= 11 is 0. The standard InChI is InChI=1S/C23H27F3N4O3/c1-2-17-3-5-18(6-4-17)27-21(31)15-29-11-13-30(14-12-29)16-22(32)28-19-7-9-20(10-8-19)33-23(24,25)26/h3-10H,2,11-16H2,1H3,(H,27,31)(H,28,32). The lowest BCUT2D eigenvalue weighted by Crippen LogP contribution is -2.50. The number of nitrogens with zero attached hydrogens (tertiary/aromatic N) is 2. The fourth-order valence-corrected chi connectivity index (χ4v) is 3.48. The van der Waals surface area contributed by atoms with Gasteiger partial charge in [-0.1, -0.05) is 19.1 Å². The molecule has 2 aromatic rings. The molecule has 0 aliphatic carbocycles. The van der Waals surface area contributed by atoms with Crippen LogP contribution in [0, 0.1) is 0 Å². The van der Waals surface area contributed by atoms with Gasteiger partial charge in [-0.2, -0.15) is 0 Å². The van der Waals surface area contributed by atoms with Crippen LogP contribution in [0.4, 0.5) is 24.5 Å². The number of nitrogens with one attached hydrogen (secondary N) is 2. The lowest BCUT2D eigenvalue weighted by Gasteiger charge is -2.33. The summed E-state index contributed by atoms with van der Waals surface area (Å²) in [6, 6.07) is 12.8. The summed E-state index contributed by atoms with van der Waals surface area (Å²) in [5, 5.41) is 5.56. The van der Waals surface area contributed by atoms with Crippen LogP contribution < -0.4 is 15.4 Å². The molecule has 0 bridgehead atoms. The molecule has 0 saturated carbocycles. The highest BCUT2D eigenvalue weighted by atomic mass is 19.4. The van der Waals surface area contributed by atoms with Gasteiger partial charge in [0.2, 0.25) is 11.8 Å². The number of anilines is 2. The summed E-state index contributed by atoms with van der Waals surface area (Å²) in [6.45, 7) is 5.07. The summed E-state index contributed by atoms with van der Waals surface area (Å²) in [7, 11) is 0. The smallest absolute Gasteiger partial charge is 0.406 e. The van der Waals surface area contributed by atoms with E-state index in [4.69, 9.17) is 0 Å². The SMILES string of the molecule is CCc1ccc(NC(=O)CN2CCN(CC(=O)Nc3ccc(OC(F)(F)F)cc3)CC2)cc1. The van der Waals surface area contributed by atoms with Crippen LogP contribution in [0.1, 0.15) is 12.5 Å². The van der Waals surface area contributed by atoms with Crippen molar-refractivity contribution in [2.75, 3.05) is 49.9 Å². The van der Waals surface area contributed by atoms with E-state index in [2.05, 4.69) is 22.3 Å². The van der Waals surface area contributed by atoms with E-state index in [1.807, 2.05) is 34.1 Å². The maximum absolute atomic E-state index is 12.3. The Kier molecular flexibility index (Phi) is 8.29. The first-order valence-electron chi connectivity index (χ1n) is 10.7. The number of piperazine rings is 1. The van der Waals surface area contributed by atoms with E-state index >= 15 is 0 Å². The minimum Gasteiger partial charge on any atom is -0.406 e. The summed E-state index contributed by atoms with van der Waals surface area (Å²) in [4.78, 5) is 28.6. The van der Waals surface area contributed by atoms with Gasteiger partial charge in [0.25, 0.3) is 0 Å². The van der Waals surface area contributed by atoms with Gasteiger partial charge in [0.1, 0.15) is 5.75 Å². The van der Waals surface area contributed by atoms with Crippen molar-refractivity contribution in [2.45, 2.75) is 19.7 Å². The van der Waals surface area contributed by atoms with Gasteiger partial charge in [-0.3, -0.25) is 19.4 Å². The van der Waals surface area contributed by atoms with Crippen LogP contribution in [0.2, 0.25) is 0 Å². The third kappa shape index (κ3) is 8.39. The fraction of sp³-hybridized carbons (Fsp3) is 0.391. The topological polar surface area (TPSA) is 73.9 Å². The lowest BCUT2D eigenvalue weighted by atomic mass is 10.1. The predicted octanol–water partition coefficient (Wildman–Crippen LogP) is 3.34. The van der Waals surface area contributed by atoms with E-state index in [1.54, 1.807) is 0 Å². The van der Waals surface area contributed by atoms with Gasteiger partial charge >= 0.3 is 6.36 Å². The number of rotatable bonds is 8. The zero-order chi connectivity index (χ0) is 23.8. The molecule has 3 rings (SSSR count). The van der Waals surface area contributed by atoms with Crippen molar-refractivity contribution in [2.24, 2.45) is 0 Å². The Bertz CT molecular complexity index is 925. The molecule has 0 atom stereocenters. The molecule has 0 aromatic heterocycles. The van der Waals surface area contributed by atoms with Crippen molar-refractivity contribution < 1.29 is 27.5 Å². The monoisotopic (exact) mass is 464 g/mol. The minimum atomic E-state index is -4.76. The number of amides is 2. The van der Waals surface area contributed by atoms with Crippen LogP contribution in [0.3, 0.4) is 0 Å². The molecule has 0 spiro atoms. The summed E-state index contributed by atoms with van der Waals surface area (Å²) in [6.07, 6.45) is -3.81. The molecule has 2 aromatic carbocycles. The van der Waals surface area contributed by atoms with Gasteiger partial charge in [0.15, 0.2) is 0 Å². The average Bonchev–Trinajstić information content (AvgIpc) is 2.76. The number of hydrogen-bond acceptors (Lipinski definition) is 5. The first kappa shape index (κ1) is 24.5. The number of carbonyl (C=O) groups excluding carboxylic acids is 2. The Morgan fingerprint density at radius 2 is 1.24 bits per heavy atom. The van der Waals surface area contributed by atoms with Crippen LogP contribution in [-0.2, 0) is 16.0 Å². The second-order valence-corrected chi connectivity index (χ2v) is 7.77. The van der Waals surface area contributed by atoms with E-state index in [9.17, 15) is 22.8 Å². The number of alkyl halides is 3. The van der Waals surface area contributed by atoms with Gasteiger partial charge in [0.05, 0.1) is 13.1 Å². The van der Waals surface area contributed by atoms with Crippen LogP contribution >= 0.6 is 0 Å². The van der Waals surface area contributed by atoms with Crippen molar-refractivity contribution in [3.63, 3.8) is 0 Å². The Morgan fingerprint density at radius 3 is 1.64 bits per heavy atom. The molecular weight excluding hydrogens is 437 g/mol. The number of aryl methyl sites for hydroxylation is 1. The second-order valence-electron chi connectivity index (χ2n) is 7.77. The quantitative estimate of drug-likeness (QED) is 0.627. The Morgan fingerprint density at radius 1 is 0.818 bits per heavy atom. The third-order valence-electron chi connectivity index (χ3n) is 5.22. The maximum Gasteiger partial charge on any atom is 0.573 e. The number of hydrogen-bond donors (Lipinski definition) is 2. The van der Waals surface area contributed by atoms with E-state index in [0.29, 0.717) is 31.9 Å². The number of ether oxygens (including phenoxy) is 1. The molecule has 1 aliphatic heterocycles. The van der Waals surface area contributed by atoms with E-state index in [0.717, 1.165) is 24.2 Å². The highest BCUT2D eigenvalue weighted by Gasteiger charge is 2.31. The molecule has 10 heteroatoms. The van der Waals surface area contributed by atoms with Gasteiger partial charge in [-0.15, -0.1) is 13.2 Å². The normalized spacial score (nSPS) is 15.2. The number of benzene rings is 2. The molecule has 0 unspecified atom stereocenters. The zero-order valence-corrected chi connectivity index (χ0v) is 18.3. The Labute approximate surface area is 190 Å². The first-order chi connectivity index (χ1) is 15.7. The van der Waals surface area contributed by atoms with Gasteiger partial charge < -0.3 is 15.4 Å². The van der Waals surface area contributed by atoms with Crippen molar-refractivity contribution >= 4 is 23.2 Å². The molecule has 7 nitrogen and oxygen atoms in total. The summed E-state index contributed by atoms with van der Waals surface area (Å²) in [5.41, 5.74) is 2.36. The molecule has 2 amide bonds. The van der Waals surface area contributed by atoms with Gasteiger partial charge in [-0.05, 0) is 48.4 Å². The zero-order valence-electron chi connectivity index (χ0n) is 18.3. The van der Waals surface area contributed by atoms with Gasteiger partial charge in [0, 0.05) is 37.6 Å². The molecule has 33 heavy (non-hydrogen) atoms. The molecule has 178 valence electrons. The van der Waals surface area contributed by atoms with Crippen molar-refractivity contribution in [3.05, 3.63) is 54.1 Å². The predicted molar refractivity (Wildman–Crippen MR) is 119 cm³/mol. The second kappa shape index (κ2) is 11.2. The molecule has 0 radical (unpaired) electrons. The molecular formula is C23H27F3N4O3. The molecule has 1 aliphatic rings. The van der Waals surface area contributed by atoms with Crippen molar-refractivity contribution in [1.82, 2.24) is 9.80 Å². The van der Waals surface area contributed by atoms with E-state index in [-0.39, 0.29) is 30.7 Å². The summed E-state index contributed by atoms with van der Waals surface area (Å²) in [5.74, 6) is -0.691. The van der Waals surface area contributed by atoms with E-state index in [1.165, 1.54) is 17.7 Å². The number of halogens is 3. The average molecular weight is 464 g/mol. The van der Waals surface area contributed by atoms with Gasteiger partial charge in [-0.25, -0.2) is 0 Å². The Balaban J connectivity index is 1.37. The lowest BCUT2D eigenvalue weighted by molar-refractivity contribution is -0.274.